The molecule has 0 aliphatic carbocycles. The third-order valence-electron chi connectivity index (χ3n) is 3.00. The van der Waals surface area contributed by atoms with Crippen molar-refractivity contribution in [3.63, 3.8) is 0 Å². The second-order valence-electron chi connectivity index (χ2n) is 4.31. The van der Waals surface area contributed by atoms with Gasteiger partial charge in [-0.1, -0.05) is 25.2 Å². The highest BCUT2D eigenvalue weighted by atomic mass is 32.1. The third-order valence-corrected chi connectivity index (χ3v) is 4.08. The van der Waals surface area contributed by atoms with E-state index in [0.717, 1.165) is 28.5 Å². The summed E-state index contributed by atoms with van der Waals surface area (Å²) in [6, 6.07) is 4.94. The average molecular weight is 295 g/mol. The molecule has 0 fully saturated rings. The molecule has 0 spiro atoms. The number of hydrogen-bond donors (Lipinski definition) is 1. The molecule has 1 aromatic carbocycles. The minimum atomic E-state index is -0.375. The number of ether oxygens (including phenoxy) is 1. The summed E-state index contributed by atoms with van der Waals surface area (Å²) in [4.78, 5) is 0. The van der Waals surface area contributed by atoms with Crippen molar-refractivity contribution in [2.45, 2.75) is 26.3 Å². The van der Waals surface area contributed by atoms with Gasteiger partial charge in [0.05, 0.1) is 13.2 Å². The first-order valence-electron chi connectivity index (χ1n) is 6.60. The molecule has 108 valence electrons. The maximum absolute atomic E-state index is 13.4. The Morgan fingerprint density at radius 1 is 1.35 bits per heavy atom. The standard InChI is InChI=1S/C14H18FN3OS/c1-4-11(16-5-2)14-18-17-13(20-14)9-6-7-10(15)12(8-9)19-3/h6-8,11,16H,4-5H2,1-3H3. The largest absolute Gasteiger partial charge is 0.494 e. The first-order chi connectivity index (χ1) is 9.69. The molecule has 0 bridgehead atoms. The fraction of sp³-hybridized carbons (Fsp3) is 0.429. The van der Waals surface area contributed by atoms with E-state index in [9.17, 15) is 4.39 Å². The van der Waals surface area contributed by atoms with Crippen molar-refractivity contribution >= 4 is 11.3 Å². The van der Waals surface area contributed by atoms with Crippen LogP contribution in [0.25, 0.3) is 10.6 Å². The summed E-state index contributed by atoms with van der Waals surface area (Å²) < 4.78 is 18.4. The van der Waals surface area contributed by atoms with Gasteiger partial charge in [-0.3, -0.25) is 0 Å². The Balaban J connectivity index is 2.28. The number of rotatable bonds is 6. The molecule has 6 heteroatoms. The molecule has 4 nitrogen and oxygen atoms in total. The third kappa shape index (κ3) is 3.13. The molecule has 2 aromatic rings. The van der Waals surface area contributed by atoms with Gasteiger partial charge in [0.1, 0.15) is 10.0 Å². The summed E-state index contributed by atoms with van der Waals surface area (Å²) >= 11 is 1.52. The first kappa shape index (κ1) is 14.9. The van der Waals surface area contributed by atoms with Crippen LogP contribution in [0.1, 0.15) is 31.3 Å². The first-order valence-corrected chi connectivity index (χ1v) is 7.41. The Kier molecular flexibility index (Phi) is 5.03. The maximum Gasteiger partial charge on any atom is 0.165 e. The van der Waals surface area contributed by atoms with E-state index in [1.54, 1.807) is 12.1 Å². The van der Waals surface area contributed by atoms with Crippen molar-refractivity contribution in [2.24, 2.45) is 0 Å². The van der Waals surface area contributed by atoms with Gasteiger partial charge in [0.15, 0.2) is 11.6 Å². The van der Waals surface area contributed by atoms with Gasteiger partial charge in [-0.05, 0) is 31.2 Å². The van der Waals surface area contributed by atoms with Crippen LogP contribution in [0.15, 0.2) is 18.2 Å². The van der Waals surface area contributed by atoms with E-state index >= 15 is 0 Å². The lowest BCUT2D eigenvalue weighted by atomic mass is 10.2. The van der Waals surface area contributed by atoms with E-state index in [2.05, 4.69) is 29.4 Å². The number of nitrogens with zero attached hydrogens (tertiary/aromatic N) is 2. The molecule has 1 unspecified atom stereocenters. The summed E-state index contributed by atoms with van der Waals surface area (Å²) in [6.07, 6.45) is 0.954. The van der Waals surface area contributed by atoms with Crippen LogP contribution in [0.5, 0.6) is 5.75 Å². The van der Waals surface area contributed by atoms with Crippen molar-refractivity contribution in [2.75, 3.05) is 13.7 Å². The van der Waals surface area contributed by atoms with E-state index in [4.69, 9.17) is 4.74 Å². The van der Waals surface area contributed by atoms with E-state index in [1.165, 1.54) is 24.5 Å². The van der Waals surface area contributed by atoms with Gasteiger partial charge < -0.3 is 10.1 Å². The lowest BCUT2D eigenvalue weighted by Crippen LogP contribution is -2.19. The zero-order valence-electron chi connectivity index (χ0n) is 11.8. The van der Waals surface area contributed by atoms with Crippen LogP contribution in [0.3, 0.4) is 0 Å². The van der Waals surface area contributed by atoms with Gasteiger partial charge in [-0.2, -0.15) is 0 Å². The summed E-state index contributed by atoms with van der Waals surface area (Å²) in [5, 5.41) is 13.5. The minimum absolute atomic E-state index is 0.216. The van der Waals surface area contributed by atoms with Crippen LogP contribution in [-0.2, 0) is 0 Å². The Bertz CT molecular complexity index is 573. The van der Waals surface area contributed by atoms with E-state index in [0.29, 0.717) is 0 Å². The molecule has 1 heterocycles. The fourth-order valence-corrected chi connectivity index (χ4v) is 2.94. The SMILES string of the molecule is CCNC(CC)c1nnc(-c2ccc(F)c(OC)c2)s1. The Hall–Kier alpha value is -1.53. The lowest BCUT2D eigenvalue weighted by Gasteiger charge is -2.11. The quantitative estimate of drug-likeness (QED) is 0.887. The molecular weight excluding hydrogens is 277 g/mol. The molecule has 1 aromatic heterocycles. The second kappa shape index (κ2) is 6.76. The van der Waals surface area contributed by atoms with Gasteiger partial charge in [-0.25, -0.2) is 4.39 Å². The minimum Gasteiger partial charge on any atom is -0.494 e. The zero-order valence-corrected chi connectivity index (χ0v) is 12.6. The molecule has 0 saturated heterocycles. The summed E-state index contributed by atoms with van der Waals surface area (Å²) in [5.41, 5.74) is 0.818. The lowest BCUT2D eigenvalue weighted by molar-refractivity contribution is 0.387. The van der Waals surface area contributed by atoms with E-state index in [-0.39, 0.29) is 17.6 Å². The van der Waals surface area contributed by atoms with Crippen molar-refractivity contribution in [3.8, 4) is 16.3 Å². The predicted octanol–water partition coefficient (Wildman–Crippen LogP) is 3.41. The van der Waals surface area contributed by atoms with Gasteiger partial charge >= 0.3 is 0 Å². The van der Waals surface area contributed by atoms with E-state index < -0.39 is 0 Å². The Morgan fingerprint density at radius 2 is 2.15 bits per heavy atom. The molecule has 0 amide bonds. The number of halogens is 1. The molecule has 2 rings (SSSR count). The fourth-order valence-electron chi connectivity index (χ4n) is 1.94. The van der Waals surface area contributed by atoms with Crippen LogP contribution in [0, 0.1) is 5.82 Å². The number of nitrogens with one attached hydrogen (secondary N) is 1. The highest BCUT2D eigenvalue weighted by Crippen LogP contribution is 2.31. The zero-order chi connectivity index (χ0) is 14.5. The smallest absolute Gasteiger partial charge is 0.165 e. The van der Waals surface area contributed by atoms with Crippen molar-refractivity contribution in [1.29, 1.82) is 0 Å². The molecule has 1 atom stereocenters. The van der Waals surface area contributed by atoms with Crippen molar-refractivity contribution in [1.82, 2.24) is 15.5 Å². The van der Waals surface area contributed by atoms with Crippen LogP contribution in [-0.4, -0.2) is 23.9 Å². The molecule has 0 saturated carbocycles. The molecular formula is C14H18FN3OS. The summed E-state index contributed by atoms with van der Waals surface area (Å²) in [5.74, 6) is -0.155. The highest BCUT2D eigenvalue weighted by Gasteiger charge is 2.15. The number of methoxy groups -OCH3 is 1. The van der Waals surface area contributed by atoms with Crippen LogP contribution >= 0.6 is 11.3 Å². The van der Waals surface area contributed by atoms with Crippen LogP contribution in [0.4, 0.5) is 4.39 Å². The average Bonchev–Trinajstić information content (AvgIpc) is 2.95. The normalized spacial score (nSPS) is 12.4. The summed E-state index contributed by atoms with van der Waals surface area (Å²) in [7, 11) is 1.45. The van der Waals surface area contributed by atoms with Crippen LogP contribution < -0.4 is 10.1 Å². The van der Waals surface area contributed by atoms with Gasteiger partial charge in [0.2, 0.25) is 0 Å². The Morgan fingerprint density at radius 3 is 2.80 bits per heavy atom. The second-order valence-corrected chi connectivity index (χ2v) is 5.32. The molecule has 20 heavy (non-hydrogen) atoms. The molecule has 0 radical (unpaired) electrons. The number of aromatic nitrogens is 2. The number of benzene rings is 1. The maximum atomic E-state index is 13.4. The monoisotopic (exact) mass is 295 g/mol. The Labute approximate surface area is 122 Å². The van der Waals surface area contributed by atoms with Gasteiger partial charge in [0, 0.05) is 5.56 Å². The molecule has 1 N–H and O–H groups in total. The molecule has 0 aliphatic rings. The highest BCUT2D eigenvalue weighted by molar-refractivity contribution is 7.14. The van der Waals surface area contributed by atoms with Gasteiger partial charge in [-0.15, -0.1) is 10.2 Å². The molecule has 0 aliphatic heterocycles. The van der Waals surface area contributed by atoms with E-state index in [1.807, 2.05) is 0 Å². The van der Waals surface area contributed by atoms with Crippen LogP contribution in [0.2, 0.25) is 0 Å². The summed E-state index contributed by atoms with van der Waals surface area (Å²) in [6.45, 7) is 5.06. The van der Waals surface area contributed by atoms with Crippen molar-refractivity contribution in [3.05, 3.63) is 29.0 Å². The predicted molar refractivity (Wildman–Crippen MR) is 78.6 cm³/mol. The number of hydrogen-bond acceptors (Lipinski definition) is 5. The topological polar surface area (TPSA) is 47.0 Å². The van der Waals surface area contributed by atoms with Crippen molar-refractivity contribution < 1.29 is 9.13 Å². The van der Waals surface area contributed by atoms with Gasteiger partial charge in [0.25, 0.3) is 0 Å².